The van der Waals surface area contributed by atoms with E-state index in [2.05, 4.69) is 75.5 Å². The zero-order chi connectivity index (χ0) is 12.5. The average molecular weight is 414 g/mol. The van der Waals surface area contributed by atoms with E-state index in [-0.39, 0.29) is 5.41 Å². The summed E-state index contributed by atoms with van der Waals surface area (Å²) in [5.74, 6) is 0.481. The number of hydrogen-bond donors (Lipinski definition) is 0. The Morgan fingerprint density at radius 2 is 1.75 bits per heavy atom. The van der Waals surface area contributed by atoms with Gasteiger partial charge in [-0.05, 0) is 37.8 Å². The number of halogens is 3. The molecule has 91 valence electrons. The van der Waals surface area contributed by atoms with Crippen molar-refractivity contribution in [2.45, 2.75) is 20.8 Å². The standard InChI is InChI=1S/C13H18Br3/c1-8-11(5-14)9(2)13(4,7-16)10(3)12(8)6-15/h9H,4-7H2,1-3H3. The van der Waals surface area contributed by atoms with E-state index in [1.54, 1.807) is 0 Å². The van der Waals surface area contributed by atoms with Crippen molar-refractivity contribution in [3.63, 3.8) is 0 Å². The Labute approximate surface area is 124 Å². The zero-order valence-corrected chi connectivity index (χ0v) is 14.8. The van der Waals surface area contributed by atoms with Crippen molar-refractivity contribution in [3.8, 4) is 0 Å². The van der Waals surface area contributed by atoms with Crippen molar-refractivity contribution in [1.29, 1.82) is 0 Å². The second-order valence-corrected chi connectivity index (χ2v) is 6.21. The van der Waals surface area contributed by atoms with Crippen LogP contribution in [0, 0.1) is 18.3 Å². The molecule has 0 spiro atoms. The molecular weight excluding hydrogens is 396 g/mol. The van der Waals surface area contributed by atoms with Crippen molar-refractivity contribution >= 4 is 47.8 Å². The highest BCUT2D eigenvalue weighted by molar-refractivity contribution is 9.09. The summed E-state index contributed by atoms with van der Waals surface area (Å²) in [6.45, 7) is 11.2. The first-order chi connectivity index (χ1) is 7.43. The van der Waals surface area contributed by atoms with E-state index in [9.17, 15) is 0 Å². The van der Waals surface area contributed by atoms with Gasteiger partial charge in [-0.1, -0.05) is 65.9 Å². The third kappa shape index (κ3) is 2.24. The average Bonchev–Trinajstić information content (AvgIpc) is 2.28. The molecule has 2 atom stereocenters. The molecule has 16 heavy (non-hydrogen) atoms. The maximum atomic E-state index is 4.46. The van der Waals surface area contributed by atoms with Crippen molar-refractivity contribution in [1.82, 2.24) is 0 Å². The molecule has 1 rings (SSSR count). The third-order valence-corrected chi connectivity index (χ3v) is 6.17. The number of allylic oxidation sites excluding steroid dienone is 4. The van der Waals surface area contributed by atoms with Crippen molar-refractivity contribution in [2.75, 3.05) is 16.0 Å². The van der Waals surface area contributed by atoms with Gasteiger partial charge in [0.15, 0.2) is 0 Å². The Bertz CT molecular complexity index is 341. The topological polar surface area (TPSA) is 0 Å². The molecule has 0 heterocycles. The highest BCUT2D eigenvalue weighted by Gasteiger charge is 2.39. The lowest BCUT2D eigenvalue weighted by molar-refractivity contribution is 0.373. The molecule has 0 saturated heterocycles. The molecule has 3 heteroatoms. The van der Waals surface area contributed by atoms with Crippen LogP contribution in [0.4, 0.5) is 0 Å². The van der Waals surface area contributed by atoms with E-state index >= 15 is 0 Å². The Kier molecular flexibility index (Phi) is 5.34. The predicted octanol–water partition coefficient (Wildman–Crippen LogP) is 5.27. The van der Waals surface area contributed by atoms with Gasteiger partial charge in [-0.15, -0.1) is 0 Å². The van der Waals surface area contributed by atoms with Gasteiger partial charge in [0.1, 0.15) is 0 Å². The van der Waals surface area contributed by atoms with Gasteiger partial charge in [0.2, 0.25) is 0 Å². The van der Waals surface area contributed by atoms with E-state index in [4.69, 9.17) is 0 Å². The molecule has 1 aliphatic carbocycles. The predicted molar refractivity (Wildman–Crippen MR) is 83.7 cm³/mol. The summed E-state index contributed by atoms with van der Waals surface area (Å²) in [6, 6.07) is 0. The number of rotatable bonds is 3. The number of hydrogen-bond acceptors (Lipinski definition) is 0. The monoisotopic (exact) mass is 411 g/mol. The summed E-state index contributed by atoms with van der Waals surface area (Å²) in [7, 11) is 0. The van der Waals surface area contributed by atoms with Crippen LogP contribution in [0.3, 0.4) is 0 Å². The van der Waals surface area contributed by atoms with Gasteiger partial charge in [0, 0.05) is 21.4 Å². The second kappa shape index (κ2) is 5.71. The Morgan fingerprint density at radius 3 is 2.12 bits per heavy atom. The SMILES string of the molecule is [CH2]C1(CBr)C(C)=C(CBr)C(C)=C(CBr)C1C. The molecule has 1 aliphatic rings. The van der Waals surface area contributed by atoms with Gasteiger partial charge in [-0.2, -0.15) is 0 Å². The molecule has 0 N–H and O–H groups in total. The van der Waals surface area contributed by atoms with Crippen molar-refractivity contribution in [2.24, 2.45) is 11.3 Å². The van der Waals surface area contributed by atoms with Crippen LogP contribution in [0.2, 0.25) is 0 Å². The smallest absolute Gasteiger partial charge is 0.0285 e. The minimum Gasteiger partial charge on any atom is -0.0918 e. The highest BCUT2D eigenvalue weighted by atomic mass is 79.9. The largest absolute Gasteiger partial charge is 0.0918 e. The van der Waals surface area contributed by atoms with E-state index in [1.165, 1.54) is 22.3 Å². The molecule has 0 aromatic carbocycles. The summed E-state index contributed by atoms with van der Waals surface area (Å²) in [4.78, 5) is 0. The molecule has 0 nitrogen and oxygen atoms in total. The summed E-state index contributed by atoms with van der Waals surface area (Å²) >= 11 is 10.8. The maximum Gasteiger partial charge on any atom is 0.0285 e. The molecule has 0 aromatic heterocycles. The van der Waals surface area contributed by atoms with Crippen LogP contribution in [0.15, 0.2) is 22.3 Å². The minimum absolute atomic E-state index is 0.00822. The molecule has 0 aliphatic heterocycles. The molecule has 1 radical (unpaired) electrons. The van der Waals surface area contributed by atoms with Gasteiger partial charge < -0.3 is 0 Å². The second-order valence-electron chi connectivity index (χ2n) is 4.53. The van der Waals surface area contributed by atoms with Gasteiger partial charge in [0.05, 0.1) is 0 Å². The van der Waals surface area contributed by atoms with Crippen LogP contribution < -0.4 is 0 Å². The lowest BCUT2D eigenvalue weighted by Gasteiger charge is -2.42. The van der Waals surface area contributed by atoms with Crippen LogP contribution in [0.25, 0.3) is 0 Å². The van der Waals surface area contributed by atoms with E-state index in [0.29, 0.717) is 5.92 Å². The quantitative estimate of drug-likeness (QED) is 0.552. The summed E-state index contributed by atoms with van der Waals surface area (Å²) in [5.41, 5.74) is 5.73. The van der Waals surface area contributed by atoms with Crippen LogP contribution in [0.1, 0.15) is 20.8 Å². The first-order valence-corrected chi connectivity index (χ1v) is 8.74. The van der Waals surface area contributed by atoms with Gasteiger partial charge in [-0.25, -0.2) is 0 Å². The van der Waals surface area contributed by atoms with E-state index in [1.807, 2.05) is 0 Å². The summed E-state index contributed by atoms with van der Waals surface area (Å²) in [5, 5.41) is 2.76. The van der Waals surface area contributed by atoms with E-state index in [0.717, 1.165) is 16.0 Å². The molecule has 0 fully saturated rings. The Morgan fingerprint density at radius 1 is 1.19 bits per heavy atom. The molecule has 2 unspecified atom stereocenters. The van der Waals surface area contributed by atoms with Crippen LogP contribution in [-0.4, -0.2) is 16.0 Å². The van der Waals surface area contributed by atoms with Crippen LogP contribution in [-0.2, 0) is 0 Å². The lowest BCUT2D eigenvalue weighted by atomic mass is 9.65. The number of alkyl halides is 3. The fourth-order valence-electron chi connectivity index (χ4n) is 2.39. The highest BCUT2D eigenvalue weighted by Crippen LogP contribution is 2.48. The van der Waals surface area contributed by atoms with E-state index < -0.39 is 0 Å². The zero-order valence-electron chi connectivity index (χ0n) is 10.0. The fraction of sp³-hybridized carbons (Fsp3) is 0.615. The van der Waals surface area contributed by atoms with Crippen molar-refractivity contribution < 1.29 is 0 Å². The lowest BCUT2D eigenvalue weighted by Crippen LogP contribution is -2.35. The van der Waals surface area contributed by atoms with Crippen LogP contribution in [0.5, 0.6) is 0 Å². The molecule has 0 aromatic rings. The molecule has 0 saturated carbocycles. The molecule has 0 amide bonds. The summed E-state index contributed by atoms with van der Waals surface area (Å²) in [6.07, 6.45) is 0. The Hall–Kier alpha value is 0.920. The minimum atomic E-state index is -0.00822. The molecule has 0 bridgehead atoms. The normalized spacial score (nSPS) is 31.3. The van der Waals surface area contributed by atoms with Gasteiger partial charge in [0.25, 0.3) is 0 Å². The first kappa shape index (κ1) is 15.0. The fourth-order valence-corrected chi connectivity index (χ4v) is 5.04. The first-order valence-electron chi connectivity index (χ1n) is 5.37. The van der Waals surface area contributed by atoms with Gasteiger partial charge >= 0.3 is 0 Å². The van der Waals surface area contributed by atoms with Crippen molar-refractivity contribution in [3.05, 3.63) is 29.2 Å². The molecular formula is C13H18Br3. The van der Waals surface area contributed by atoms with Crippen LogP contribution >= 0.6 is 47.8 Å². The van der Waals surface area contributed by atoms with Gasteiger partial charge in [-0.3, -0.25) is 0 Å². The maximum absolute atomic E-state index is 4.46. The third-order valence-electron chi connectivity index (χ3n) is 4.00. The Balaban J connectivity index is 3.39. The summed E-state index contributed by atoms with van der Waals surface area (Å²) < 4.78 is 0.